The smallest absolute Gasteiger partial charge is 0.361 e. The Morgan fingerprint density at radius 3 is 2.52 bits per heavy atom. The van der Waals surface area contributed by atoms with E-state index in [9.17, 15) is 19.8 Å². The lowest BCUT2D eigenvalue weighted by molar-refractivity contribution is -0.342. The third-order valence-corrected chi connectivity index (χ3v) is 13.0. The summed E-state index contributed by atoms with van der Waals surface area (Å²) in [6.45, 7) is 7.92. The van der Waals surface area contributed by atoms with E-state index in [2.05, 4.69) is 18.2 Å². The van der Waals surface area contributed by atoms with Crippen LogP contribution in [0.15, 0.2) is 82.6 Å². The summed E-state index contributed by atoms with van der Waals surface area (Å²) >= 11 is 0. The van der Waals surface area contributed by atoms with Gasteiger partial charge in [0, 0.05) is 30.7 Å². The predicted molar refractivity (Wildman–Crippen MR) is 209 cm³/mol. The molecule has 0 unspecified atom stereocenters. The van der Waals surface area contributed by atoms with Gasteiger partial charge in [0.15, 0.2) is 11.5 Å². The van der Waals surface area contributed by atoms with Gasteiger partial charge in [0.1, 0.15) is 43.0 Å². The highest BCUT2D eigenvalue weighted by Crippen LogP contribution is 2.48. The zero-order valence-corrected chi connectivity index (χ0v) is 33.4. The zero-order valence-electron chi connectivity index (χ0n) is 33.4. The molecule has 7 rings (SSSR count). The van der Waals surface area contributed by atoms with Crippen molar-refractivity contribution in [3.8, 4) is 0 Å². The van der Waals surface area contributed by atoms with Crippen LogP contribution in [0, 0.1) is 23.7 Å². The molecule has 2 aliphatic carbocycles. The van der Waals surface area contributed by atoms with Crippen molar-refractivity contribution in [3.63, 3.8) is 0 Å². The van der Waals surface area contributed by atoms with E-state index < -0.39 is 53.7 Å². The number of aliphatic hydroxyl groups is 2. The van der Waals surface area contributed by atoms with Crippen LogP contribution in [-0.4, -0.2) is 89.6 Å². The minimum Gasteiger partial charge on any atom is -0.462 e. The van der Waals surface area contributed by atoms with E-state index in [0.29, 0.717) is 54.2 Å². The van der Waals surface area contributed by atoms with Crippen molar-refractivity contribution in [3.05, 3.63) is 83.0 Å². The number of ether oxygens (including phenoxy) is 5. The van der Waals surface area contributed by atoms with E-state index in [-0.39, 0.29) is 30.4 Å². The Hall–Kier alpha value is -3.61. The number of fused-ring (bicyclic) bond motifs is 2. The van der Waals surface area contributed by atoms with E-state index in [4.69, 9.17) is 28.5 Å². The maximum Gasteiger partial charge on any atom is 0.361 e. The summed E-state index contributed by atoms with van der Waals surface area (Å²) in [6, 6.07) is 9.04. The summed E-state index contributed by atoms with van der Waals surface area (Å²) in [5, 5.41) is 27.6. The largest absolute Gasteiger partial charge is 0.462 e. The maximum atomic E-state index is 14.3. The summed E-state index contributed by atoms with van der Waals surface area (Å²) in [5.74, 6) is -2.73. The molecule has 11 heteroatoms. The van der Waals surface area contributed by atoms with Gasteiger partial charge in [-0.25, -0.2) is 4.79 Å². The number of hydrogen-bond acceptors (Lipinski definition) is 11. The van der Waals surface area contributed by atoms with Gasteiger partial charge in [0.2, 0.25) is 0 Å². The first-order valence-corrected chi connectivity index (χ1v) is 20.6. The van der Waals surface area contributed by atoms with Crippen molar-refractivity contribution >= 4 is 17.7 Å². The van der Waals surface area contributed by atoms with Crippen molar-refractivity contribution in [1.29, 1.82) is 0 Å². The van der Waals surface area contributed by atoms with Gasteiger partial charge in [-0.3, -0.25) is 4.79 Å². The summed E-state index contributed by atoms with van der Waals surface area (Å²) in [5.41, 5.74) is 0.576. The van der Waals surface area contributed by atoms with Crippen LogP contribution >= 0.6 is 0 Å². The van der Waals surface area contributed by atoms with Gasteiger partial charge < -0.3 is 38.7 Å². The maximum absolute atomic E-state index is 14.3. The Balaban J connectivity index is 1.25. The molecule has 4 fully saturated rings. The molecular formula is C45H59NO10. The average molecular weight is 774 g/mol. The van der Waals surface area contributed by atoms with Crippen molar-refractivity contribution in [2.45, 2.75) is 140 Å². The standard InChI is InChI=1S/C45H59NO10/c1-27-13-12-18-33-26-52-41-38(47)30(4)23-36(45(33,41)50)42(48)53-35-24-34(55-44(25-35)22-21-29(3)40(56-44)32-16-10-7-11-17-32)20-19-28(2)39(27)54-43(49)37(46-51-5)31-14-8-6-9-15-31/h6,8-9,12-15,18-19,23,27,29,32,34-36,38-41,47,50H,7,10-11,16-17,20-22,24-26H2,1-5H3/b13-12+,28-19+,33-18+,46-37-/t27-,29-,34+,35-,36-,38+,39+,40-,41+,44+,45+/m0/s1. The Bertz CT molecular complexity index is 1750. The fraction of sp³-hybridized carbons (Fsp3) is 0.622. The van der Waals surface area contributed by atoms with Crippen LogP contribution in [0.3, 0.4) is 0 Å². The molecule has 1 saturated carbocycles. The fourth-order valence-electron chi connectivity index (χ4n) is 9.92. The van der Waals surface area contributed by atoms with Crippen LogP contribution in [-0.2, 0) is 38.1 Å². The van der Waals surface area contributed by atoms with Crippen molar-refractivity contribution in [2.75, 3.05) is 13.7 Å². The van der Waals surface area contributed by atoms with E-state index in [0.717, 1.165) is 24.8 Å². The highest BCUT2D eigenvalue weighted by atomic mass is 16.7. The Morgan fingerprint density at radius 1 is 1.00 bits per heavy atom. The Morgan fingerprint density at radius 2 is 1.77 bits per heavy atom. The summed E-state index contributed by atoms with van der Waals surface area (Å²) < 4.78 is 32.8. The molecule has 1 aromatic rings. The van der Waals surface area contributed by atoms with Crippen LogP contribution in [0.5, 0.6) is 0 Å². The van der Waals surface area contributed by atoms with Crippen LogP contribution < -0.4 is 0 Å². The molecule has 0 radical (unpaired) electrons. The van der Waals surface area contributed by atoms with Gasteiger partial charge in [-0.15, -0.1) is 0 Å². The molecule has 0 aromatic heterocycles. The third kappa shape index (κ3) is 8.21. The van der Waals surface area contributed by atoms with Crippen LogP contribution in [0.2, 0.25) is 0 Å². The molecule has 1 spiro atoms. The number of oxime groups is 1. The molecule has 3 saturated heterocycles. The highest BCUT2D eigenvalue weighted by molar-refractivity contribution is 6.43. The number of nitrogens with zero attached hydrogens (tertiary/aromatic N) is 1. The van der Waals surface area contributed by atoms with Crippen LogP contribution in [0.25, 0.3) is 0 Å². The lowest BCUT2D eigenvalue weighted by Crippen LogP contribution is -2.58. The number of hydrogen-bond donors (Lipinski definition) is 2. The number of rotatable bonds is 5. The molecule has 4 heterocycles. The van der Waals surface area contributed by atoms with Crippen LogP contribution in [0.4, 0.5) is 0 Å². The number of carbonyl (C=O) groups is 2. The number of carbonyl (C=O) groups excluding carboxylic acids is 2. The normalized spacial score (nSPS) is 40.9. The zero-order chi connectivity index (χ0) is 39.6. The van der Waals surface area contributed by atoms with Gasteiger partial charge >= 0.3 is 11.9 Å². The van der Waals surface area contributed by atoms with Gasteiger partial charge in [0.25, 0.3) is 0 Å². The number of allylic oxidation sites excluding steroid dienone is 2. The van der Waals surface area contributed by atoms with E-state index in [1.165, 1.54) is 26.4 Å². The summed E-state index contributed by atoms with van der Waals surface area (Å²) in [4.78, 5) is 33.2. The first-order valence-electron chi connectivity index (χ1n) is 20.6. The number of benzene rings is 1. The molecule has 4 aliphatic heterocycles. The van der Waals surface area contributed by atoms with Crippen LogP contribution in [0.1, 0.15) is 97.5 Å². The molecule has 0 amide bonds. The lowest BCUT2D eigenvalue weighted by Gasteiger charge is -2.51. The second-order valence-corrected chi connectivity index (χ2v) is 17.0. The molecule has 11 atom stereocenters. The first-order chi connectivity index (χ1) is 26.9. The lowest BCUT2D eigenvalue weighted by atomic mass is 9.71. The average Bonchev–Trinajstić information content (AvgIpc) is 3.54. The predicted octanol–water partition coefficient (Wildman–Crippen LogP) is 6.67. The monoisotopic (exact) mass is 773 g/mol. The molecule has 1 aromatic carbocycles. The molecule has 6 aliphatic rings. The second kappa shape index (κ2) is 17.1. The molecular weight excluding hydrogens is 714 g/mol. The van der Waals surface area contributed by atoms with E-state index in [1.807, 2.05) is 38.1 Å². The van der Waals surface area contributed by atoms with Gasteiger partial charge in [-0.1, -0.05) is 99.0 Å². The molecule has 2 bridgehead atoms. The van der Waals surface area contributed by atoms with E-state index in [1.54, 1.807) is 37.3 Å². The Kier molecular flexibility index (Phi) is 12.4. The summed E-state index contributed by atoms with van der Waals surface area (Å²) in [6.07, 6.45) is 14.2. The first kappa shape index (κ1) is 40.6. The molecule has 56 heavy (non-hydrogen) atoms. The topological polar surface area (TPSA) is 142 Å². The highest BCUT2D eigenvalue weighted by Gasteiger charge is 2.60. The van der Waals surface area contributed by atoms with Crippen molar-refractivity contribution < 1.29 is 48.3 Å². The SMILES string of the molecule is CO/N=C(\C(=O)O[C@H]1/C(C)=C/C[C@@H]2C[C@@H](C[C@]3(CC[C@H](C)[C@@H](C4CCCCC4)O3)O2)OC(=O)[C@@H]2C=C(C)[C@@H](O)[C@H]3OC/C(=C\C=C\[C@@H]1C)[C@]32O)c1ccccc1. The molecule has 304 valence electrons. The number of aliphatic hydroxyl groups excluding tert-OH is 1. The minimum atomic E-state index is -1.84. The van der Waals surface area contributed by atoms with Crippen molar-refractivity contribution in [1.82, 2.24) is 0 Å². The minimum absolute atomic E-state index is 0.0180. The van der Waals surface area contributed by atoms with Gasteiger partial charge in [-0.2, -0.15) is 0 Å². The molecule has 2 N–H and O–H groups in total. The summed E-state index contributed by atoms with van der Waals surface area (Å²) in [7, 11) is 1.39. The third-order valence-electron chi connectivity index (χ3n) is 13.0. The van der Waals surface area contributed by atoms with Gasteiger partial charge in [0.05, 0.1) is 18.8 Å². The Labute approximate surface area is 330 Å². The number of esters is 2. The second-order valence-electron chi connectivity index (χ2n) is 17.0. The fourth-order valence-corrected chi connectivity index (χ4v) is 9.92. The quantitative estimate of drug-likeness (QED) is 0.144. The molecule has 11 nitrogen and oxygen atoms in total. The van der Waals surface area contributed by atoms with Crippen molar-refractivity contribution in [2.24, 2.45) is 28.8 Å². The van der Waals surface area contributed by atoms with E-state index >= 15 is 0 Å². The van der Waals surface area contributed by atoms with Gasteiger partial charge in [-0.05, 0) is 68.1 Å².